The summed E-state index contributed by atoms with van der Waals surface area (Å²) in [5.41, 5.74) is 6.94. The maximum Gasteiger partial charge on any atom is 0.276 e. The third-order valence-electron chi connectivity index (χ3n) is 2.85. The molecule has 126 valence electrons. The Morgan fingerprint density at radius 1 is 1.17 bits per heavy atom. The third kappa shape index (κ3) is 5.64. The molecule has 6 nitrogen and oxygen atoms in total. The Labute approximate surface area is 149 Å². The number of thiocarbonyl (C=S) groups is 1. The Hall–Kier alpha value is -2.45. The van der Waals surface area contributed by atoms with Crippen LogP contribution >= 0.6 is 23.6 Å². The predicted molar refractivity (Wildman–Crippen MR) is 97.1 cm³/mol. The minimum atomic E-state index is -0.415. The number of aryl methyl sites for hydroxylation is 2. The molecule has 0 saturated carbocycles. The fraction of sp³-hybridized carbons (Fsp3) is 0.188. The fourth-order valence-electron chi connectivity index (χ4n) is 1.93. The van der Waals surface area contributed by atoms with Crippen molar-refractivity contribution in [2.45, 2.75) is 13.8 Å². The summed E-state index contributed by atoms with van der Waals surface area (Å²) in [5.74, 6) is -0.124. The molecule has 0 aliphatic rings. The quantitative estimate of drug-likeness (QED) is 0.573. The van der Waals surface area contributed by atoms with E-state index in [1.165, 1.54) is 11.3 Å². The number of thiophene rings is 1. The van der Waals surface area contributed by atoms with Crippen molar-refractivity contribution in [3.63, 3.8) is 0 Å². The molecule has 8 heteroatoms. The molecule has 24 heavy (non-hydrogen) atoms. The molecule has 0 radical (unpaired) electrons. The fourth-order valence-corrected chi connectivity index (χ4v) is 2.69. The third-order valence-corrected chi connectivity index (χ3v) is 3.93. The van der Waals surface area contributed by atoms with Gasteiger partial charge in [0, 0.05) is 0 Å². The van der Waals surface area contributed by atoms with E-state index in [-0.39, 0.29) is 17.6 Å². The Morgan fingerprint density at radius 2 is 1.88 bits per heavy atom. The number of carbonyl (C=O) groups excluding carboxylic acids is 2. The summed E-state index contributed by atoms with van der Waals surface area (Å²) in [6, 6.07) is 9.16. The molecule has 3 N–H and O–H groups in total. The molecule has 2 aromatic rings. The van der Waals surface area contributed by atoms with Gasteiger partial charge in [0.1, 0.15) is 5.75 Å². The summed E-state index contributed by atoms with van der Waals surface area (Å²) >= 11 is 6.24. The summed E-state index contributed by atoms with van der Waals surface area (Å²) in [6.07, 6.45) is 0. The van der Waals surface area contributed by atoms with Crippen molar-refractivity contribution >= 4 is 40.5 Å². The first-order valence-corrected chi connectivity index (χ1v) is 8.37. The highest BCUT2D eigenvalue weighted by Gasteiger charge is 2.09. The van der Waals surface area contributed by atoms with Gasteiger partial charge in [0.05, 0.1) is 4.88 Å². The first-order valence-electron chi connectivity index (χ1n) is 7.09. The number of hydrogen-bond acceptors (Lipinski definition) is 5. The van der Waals surface area contributed by atoms with Crippen molar-refractivity contribution < 1.29 is 14.3 Å². The van der Waals surface area contributed by atoms with Crippen LogP contribution in [0.1, 0.15) is 20.8 Å². The number of nitrogens with one attached hydrogen (secondary N) is 3. The number of carbonyl (C=O) groups is 2. The number of rotatable bonds is 4. The molecule has 0 spiro atoms. The summed E-state index contributed by atoms with van der Waals surface area (Å²) in [7, 11) is 0. The molecular formula is C16H17N3O3S2. The lowest BCUT2D eigenvalue weighted by Gasteiger charge is -2.11. The molecule has 2 rings (SSSR count). The van der Waals surface area contributed by atoms with Gasteiger partial charge in [-0.2, -0.15) is 0 Å². The first kappa shape index (κ1) is 17.9. The summed E-state index contributed by atoms with van der Waals surface area (Å²) in [5, 5.41) is 4.26. The van der Waals surface area contributed by atoms with Crippen molar-refractivity contribution in [2.24, 2.45) is 0 Å². The Morgan fingerprint density at radius 3 is 2.50 bits per heavy atom. The van der Waals surface area contributed by atoms with Crippen LogP contribution in [-0.4, -0.2) is 23.5 Å². The summed E-state index contributed by atoms with van der Waals surface area (Å²) in [6.45, 7) is 3.74. The zero-order valence-electron chi connectivity index (χ0n) is 13.2. The van der Waals surface area contributed by atoms with Gasteiger partial charge in [0.25, 0.3) is 11.8 Å². The highest BCUT2D eigenvalue weighted by molar-refractivity contribution is 7.80. The average Bonchev–Trinajstić information content (AvgIpc) is 3.04. The molecule has 1 aromatic heterocycles. The van der Waals surface area contributed by atoms with E-state index in [1.54, 1.807) is 17.5 Å². The van der Waals surface area contributed by atoms with Gasteiger partial charge >= 0.3 is 0 Å². The van der Waals surface area contributed by atoms with E-state index >= 15 is 0 Å². The molecule has 0 fully saturated rings. The maximum absolute atomic E-state index is 11.8. The van der Waals surface area contributed by atoms with Crippen LogP contribution in [0.25, 0.3) is 0 Å². The van der Waals surface area contributed by atoms with E-state index < -0.39 is 5.91 Å². The number of benzene rings is 1. The van der Waals surface area contributed by atoms with Crippen molar-refractivity contribution in [1.82, 2.24) is 16.2 Å². The number of hydrazine groups is 1. The second kappa shape index (κ2) is 8.42. The molecule has 0 atom stereocenters. The van der Waals surface area contributed by atoms with E-state index in [4.69, 9.17) is 17.0 Å². The van der Waals surface area contributed by atoms with Crippen molar-refractivity contribution in [3.05, 3.63) is 51.7 Å². The van der Waals surface area contributed by atoms with Crippen LogP contribution in [0.15, 0.2) is 35.7 Å². The number of ether oxygens (including phenoxy) is 1. The smallest absolute Gasteiger partial charge is 0.276 e. The highest BCUT2D eigenvalue weighted by Crippen LogP contribution is 2.15. The topological polar surface area (TPSA) is 79.5 Å². The second-order valence-electron chi connectivity index (χ2n) is 5.05. The Kier molecular flexibility index (Phi) is 6.28. The molecule has 0 aliphatic heterocycles. The monoisotopic (exact) mass is 363 g/mol. The molecule has 0 aliphatic carbocycles. The van der Waals surface area contributed by atoms with E-state index in [2.05, 4.69) is 16.2 Å². The number of hydrogen-bond donors (Lipinski definition) is 3. The minimum Gasteiger partial charge on any atom is -0.484 e. The molecule has 2 amide bonds. The van der Waals surface area contributed by atoms with Crippen LogP contribution in [0.5, 0.6) is 5.75 Å². The van der Waals surface area contributed by atoms with Gasteiger partial charge in [0.15, 0.2) is 11.7 Å². The zero-order valence-corrected chi connectivity index (χ0v) is 14.8. The van der Waals surface area contributed by atoms with Gasteiger partial charge in [0.2, 0.25) is 0 Å². The van der Waals surface area contributed by atoms with Crippen LogP contribution in [0.2, 0.25) is 0 Å². The van der Waals surface area contributed by atoms with Crippen molar-refractivity contribution in [3.8, 4) is 5.75 Å². The SMILES string of the molecule is Cc1cc(C)cc(OCC(=O)NNC(=S)NC(=O)c2cccs2)c1. The van der Waals surface area contributed by atoms with Crippen molar-refractivity contribution in [2.75, 3.05) is 6.61 Å². The molecule has 0 unspecified atom stereocenters. The lowest BCUT2D eigenvalue weighted by Crippen LogP contribution is -2.49. The van der Waals surface area contributed by atoms with Gasteiger partial charge in [-0.3, -0.25) is 25.8 Å². The lowest BCUT2D eigenvalue weighted by molar-refractivity contribution is -0.123. The van der Waals surface area contributed by atoms with E-state index in [1.807, 2.05) is 32.0 Å². The normalized spacial score (nSPS) is 9.92. The predicted octanol–water partition coefficient (Wildman–Crippen LogP) is 2.08. The molecule has 0 saturated heterocycles. The maximum atomic E-state index is 11.8. The highest BCUT2D eigenvalue weighted by atomic mass is 32.1. The lowest BCUT2D eigenvalue weighted by atomic mass is 10.1. The van der Waals surface area contributed by atoms with Crippen LogP contribution in [0.3, 0.4) is 0 Å². The Bertz CT molecular complexity index is 725. The van der Waals surface area contributed by atoms with Crippen LogP contribution < -0.4 is 20.9 Å². The van der Waals surface area contributed by atoms with Gasteiger partial charge in [-0.25, -0.2) is 0 Å². The van der Waals surface area contributed by atoms with Gasteiger partial charge < -0.3 is 4.74 Å². The molecule has 0 bridgehead atoms. The van der Waals surface area contributed by atoms with Gasteiger partial charge in [-0.15, -0.1) is 11.3 Å². The van der Waals surface area contributed by atoms with E-state index in [0.29, 0.717) is 10.6 Å². The second-order valence-corrected chi connectivity index (χ2v) is 6.40. The summed E-state index contributed by atoms with van der Waals surface area (Å²) < 4.78 is 5.42. The largest absolute Gasteiger partial charge is 0.484 e. The van der Waals surface area contributed by atoms with Crippen LogP contribution in [-0.2, 0) is 4.79 Å². The minimum absolute atomic E-state index is 0.00755. The average molecular weight is 363 g/mol. The summed E-state index contributed by atoms with van der Waals surface area (Å²) in [4.78, 5) is 24.0. The van der Waals surface area contributed by atoms with Crippen LogP contribution in [0.4, 0.5) is 0 Å². The van der Waals surface area contributed by atoms with E-state index in [0.717, 1.165) is 11.1 Å². The Balaban J connectivity index is 1.72. The molecule has 1 aromatic carbocycles. The van der Waals surface area contributed by atoms with Gasteiger partial charge in [-0.1, -0.05) is 12.1 Å². The van der Waals surface area contributed by atoms with Crippen LogP contribution in [0, 0.1) is 13.8 Å². The molecule has 1 heterocycles. The first-order chi connectivity index (χ1) is 11.4. The number of amides is 2. The van der Waals surface area contributed by atoms with Crippen molar-refractivity contribution in [1.29, 1.82) is 0 Å². The van der Waals surface area contributed by atoms with E-state index in [9.17, 15) is 9.59 Å². The zero-order chi connectivity index (χ0) is 17.5. The standard InChI is InChI=1S/C16H17N3O3S2/c1-10-6-11(2)8-12(7-10)22-9-14(20)18-19-16(23)17-15(21)13-4-3-5-24-13/h3-8H,9H2,1-2H3,(H,18,20)(H2,17,19,21,23). The van der Waals surface area contributed by atoms with Gasteiger partial charge in [-0.05, 0) is 60.8 Å². The molecular weight excluding hydrogens is 346 g/mol.